The Kier molecular flexibility index (Phi) is 9.07. The first-order chi connectivity index (χ1) is 8.86. The van der Waals surface area contributed by atoms with Crippen LogP contribution in [0.2, 0.25) is 0 Å². The van der Waals surface area contributed by atoms with E-state index in [0.29, 0.717) is 19.1 Å². The van der Waals surface area contributed by atoms with Crippen molar-refractivity contribution in [1.82, 2.24) is 0 Å². The highest BCUT2D eigenvalue weighted by atomic mass is 16.5. The third-order valence-electron chi connectivity index (χ3n) is 3.67. The smallest absolute Gasteiger partial charge is 0.311 e. The highest BCUT2D eigenvalue weighted by Crippen LogP contribution is 2.27. The topological polar surface area (TPSA) is 35.5 Å². The van der Waals surface area contributed by atoms with Crippen molar-refractivity contribution >= 4 is 5.97 Å². The third kappa shape index (κ3) is 7.56. The van der Waals surface area contributed by atoms with E-state index in [9.17, 15) is 4.79 Å². The number of hydrogen-bond acceptors (Lipinski definition) is 3. The van der Waals surface area contributed by atoms with Gasteiger partial charge in [0.15, 0.2) is 0 Å². The number of rotatable bonds is 9. The lowest BCUT2D eigenvalue weighted by Gasteiger charge is -2.28. The first kappa shape index (κ1) is 18.4. The number of ether oxygens (including phenoxy) is 2. The molecule has 3 heteroatoms. The van der Waals surface area contributed by atoms with Crippen LogP contribution in [0, 0.1) is 17.3 Å². The standard InChI is InChI=1S/C16H32O3/c1-7-9-10-13(8-2)11-19-15(17)14(12-18-6)16(3,4)5/h13-14H,7-12H2,1-6H3. The fraction of sp³-hybridized carbons (Fsp3) is 0.938. The van der Waals surface area contributed by atoms with Gasteiger partial charge in [0.2, 0.25) is 0 Å². The van der Waals surface area contributed by atoms with E-state index in [1.807, 2.05) is 20.8 Å². The molecular formula is C16H32O3. The number of unbranched alkanes of at least 4 members (excludes halogenated alkanes) is 1. The Morgan fingerprint density at radius 2 is 1.79 bits per heavy atom. The summed E-state index contributed by atoms with van der Waals surface area (Å²) in [6, 6.07) is 0. The highest BCUT2D eigenvalue weighted by molar-refractivity contribution is 5.73. The van der Waals surface area contributed by atoms with Crippen molar-refractivity contribution in [3.63, 3.8) is 0 Å². The Morgan fingerprint density at radius 3 is 2.21 bits per heavy atom. The molecule has 0 bridgehead atoms. The van der Waals surface area contributed by atoms with Crippen molar-refractivity contribution < 1.29 is 14.3 Å². The molecule has 0 aliphatic rings. The molecule has 114 valence electrons. The summed E-state index contributed by atoms with van der Waals surface area (Å²) in [5.74, 6) is 0.178. The lowest BCUT2D eigenvalue weighted by Crippen LogP contribution is -2.34. The quantitative estimate of drug-likeness (QED) is 0.594. The van der Waals surface area contributed by atoms with Gasteiger partial charge in [0, 0.05) is 7.11 Å². The van der Waals surface area contributed by atoms with Crippen molar-refractivity contribution in [2.24, 2.45) is 17.3 Å². The molecule has 0 aromatic rings. The monoisotopic (exact) mass is 272 g/mol. The Morgan fingerprint density at radius 1 is 1.16 bits per heavy atom. The van der Waals surface area contributed by atoms with Crippen molar-refractivity contribution in [2.45, 2.75) is 60.3 Å². The second kappa shape index (κ2) is 9.35. The maximum atomic E-state index is 12.2. The van der Waals surface area contributed by atoms with Crippen LogP contribution in [0.25, 0.3) is 0 Å². The average molecular weight is 272 g/mol. The minimum Gasteiger partial charge on any atom is -0.465 e. The molecule has 0 spiro atoms. The highest BCUT2D eigenvalue weighted by Gasteiger charge is 2.32. The minimum absolute atomic E-state index is 0.121. The predicted molar refractivity (Wildman–Crippen MR) is 79.1 cm³/mol. The van der Waals surface area contributed by atoms with Gasteiger partial charge in [-0.15, -0.1) is 0 Å². The Labute approximate surface area is 119 Å². The van der Waals surface area contributed by atoms with Gasteiger partial charge < -0.3 is 9.47 Å². The molecule has 0 rings (SSSR count). The fourth-order valence-corrected chi connectivity index (χ4v) is 2.04. The molecule has 0 aromatic heterocycles. The summed E-state index contributed by atoms with van der Waals surface area (Å²) in [5, 5.41) is 0. The molecule has 0 amide bonds. The molecule has 0 saturated heterocycles. The van der Waals surface area contributed by atoms with E-state index in [2.05, 4.69) is 13.8 Å². The molecule has 0 fully saturated rings. The molecule has 0 N–H and O–H groups in total. The van der Waals surface area contributed by atoms with E-state index >= 15 is 0 Å². The molecule has 2 unspecified atom stereocenters. The molecule has 0 saturated carbocycles. The van der Waals surface area contributed by atoms with Gasteiger partial charge in [-0.2, -0.15) is 0 Å². The maximum absolute atomic E-state index is 12.2. The minimum atomic E-state index is -0.193. The average Bonchev–Trinajstić information content (AvgIpc) is 2.34. The zero-order chi connectivity index (χ0) is 14.9. The second-order valence-corrected chi connectivity index (χ2v) is 6.42. The summed E-state index contributed by atoms with van der Waals surface area (Å²) < 4.78 is 10.7. The molecule has 3 nitrogen and oxygen atoms in total. The molecular weight excluding hydrogens is 240 g/mol. The Balaban J connectivity index is 4.31. The molecule has 0 aromatic carbocycles. The molecule has 19 heavy (non-hydrogen) atoms. The second-order valence-electron chi connectivity index (χ2n) is 6.42. The fourth-order valence-electron chi connectivity index (χ4n) is 2.04. The largest absolute Gasteiger partial charge is 0.465 e. The van der Waals surface area contributed by atoms with Crippen LogP contribution in [0.15, 0.2) is 0 Å². The van der Waals surface area contributed by atoms with Crippen LogP contribution in [-0.2, 0) is 14.3 Å². The van der Waals surface area contributed by atoms with E-state index < -0.39 is 0 Å². The van der Waals surface area contributed by atoms with Gasteiger partial charge in [0.1, 0.15) is 0 Å². The lowest BCUT2D eigenvalue weighted by molar-refractivity contribution is -0.156. The van der Waals surface area contributed by atoms with Crippen LogP contribution in [0.3, 0.4) is 0 Å². The predicted octanol–water partition coefficient (Wildman–Crippen LogP) is 4.05. The zero-order valence-electron chi connectivity index (χ0n) is 13.6. The van der Waals surface area contributed by atoms with Crippen molar-refractivity contribution in [2.75, 3.05) is 20.3 Å². The summed E-state index contributed by atoms with van der Waals surface area (Å²) in [6.45, 7) is 11.5. The number of carbonyl (C=O) groups excluding carboxylic acids is 1. The summed E-state index contributed by atoms with van der Waals surface area (Å²) in [6.07, 6.45) is 4.61. The van der Waals surface area contributed by atoms with Gasteiger partial charge >= 0.3 is 5.97 Å². The third-order valence-corrected chi connectivity index (χ3v) is 3.67. The van der Waals surface area contributed by atoms with Crippen molar-refractivity contribution in [1.29, 1.82) is 0 Å². The van der Waals surface area contributed by atoms with Crippen LogP contribution in [0.4, 0.5) is 0 Å². The van der Waals surface area contributed by atoms with Gasteiger partial charge in [-0.3, -0.25) is 4.79 Å². The Hall–Kier alpha value is -0.570. The molecule has 2 atom stereocenters. The number of methoxy groups -OCH3 is 1. The lowest BCUT2D eigenvalue weighted by atomic mass is 9.81. The van der Waals surface area contributed by atoms with Gasteiger partial charge in [0.05, 0.1) is 19.1 Å². The van der Waals surface area contributed by atoms with Gasteiger partial charge in [0.25, 0.3) is 0 Å². The van der Waals surface area contributed by atoms with Crippen LogP contribution in [0.1, 0.15) is 60.3 Å². The number of esters is 1. The van der Waals surface area contributed by atoms with E-state index in [4.69, 9.17) is 9.47 Å². The molecule has 0 heterocycles. The molecule has 0 aliphatic carbocycles. The van der Waals surface area contributed by atoms with Gasteiger partial charge in [-0.1, -0.05) is 53.9 Å². The SMILES string of the molecule is CCCCC(CC)COC(=O)C(COC)C(C)(C)C. The molecule has 0 radical (unpaired) electrons. The normalized spacial score (nSPS) is 15.1. The summed E-state index contributed by atoms with van der Waals surface area (Å²) in [4.78, 5) is 12.2. The van der Waals surface area contributed by atoms with Crippen LogP contribution < -0.4 is 0 Å². The maximum Gasteiger partial charge on any atom is 0.311 e. The summed E-state index contributed by atoms with van der Waals surface area (Å²) in [7, 11) is 1.63. The zero-order valence-corrected chi connectivity index (χ0v) is 13.6. The van der Waals surface area contributed by atoms with Crippen LogP contribution in [-0.4, -0.2) is 26.3 Å². The molecule has 0 aliphatic heterocycles. The van der Waals surface area contributed by atoms with Crippen LogP contribution >= 0.6 is 0 Å². The van der Waals surface area contributed by atoms with Gasteiger partial charge in [-0.25, -0.2) is 0 Å². The first-order valence-corrected chi connectivity index (χ1v) is 7.52. The Bertz CT molecular complexity index is 243. The van der Waals surface area contributed by atoms with Gasteiger partial charge in [-0.05, 0) is 17.8 Å². The van der Waals surface area contributed by atoms with E-state index in [1.165, 1.54) is 12.8 Å². The van der Waals surface area contributed by atoms with E-state index in [0.717, 1.165) is 12.8 Å². The summed E-state index contributed by atoms with van der Waals surface area (Å²) >= 11 is 0. The van der Waals surface area contributed by atoms with E-state index in [1.54, 1.807) is 7.11 Å². The van der Waals surface area contributed by atoms with Crippen molar-refractivity contribution in [3.8, 4) is 0 Å². The number of hydrogen-bond donors (Lipinski definition) is 0. The van der Waals surface area contributed by atoms with E-state index in [-0.39, 0.29) is 17.3 Å². The van der Waals surface area contributed by atoms with Crippen LogP contribution in [0.5, 0.6) is 0 Å². The number of carbonyl (C=O) groups is 1. The van der Waals surface area contributed by atoms with Crippen molar-refractivity contribution in [3.05, 3.63) is 0 Å². The summed E-state index contributed by atoms with van der Waals surface area (Å²) in [5.41, 5.74) is -0.127. The first-order valence-electron chi connectivity index (χ1n) is 7.52.